The number of nitrogens with one attached hydrogen (secondary N) is 2. The summed E-state index contributed by atoms with van der Waals surface area (Å²) in [6.07, 6.45) is 10.4. The van der Waals surface area contributed by atoms with Gasteiger partial charge >= 0.3 is 0 Å². The van der Waals surface area contributed by atoms with Crippen LogP contribution < -0.4 is 10.6 Å². The van der Waals surface area contributed by atoms with Gasteiger partial charge in [0.15, 0.2) is 0 Å². The van der Waals surface area contributed by atoms with Gasteiger partial charge in [0.1, 0.15) is 5.82 Å². The minimum Gasteiger partial charge on any atom is -0.393 e. The number of benzene rings is 2. The molecule has 3 N–H and O–H groups in total. The van der Waals surface area contributed by atoms with E-state index in [1.165, 1.54) is 6.07 Å². The van der Waals surface area contributed by atoms with Crippen LogP contribution in [0.1, 0.15) is 80.8 Å². The number of hydrogen-bond donors (Lipinski definition) is 3. The predicted octanol–water partition coefficient (Wildman–Crippen LogP) is 6.25. The molecule has 2 fully saturated rings. The predicted molar refractivity (Wildman–Crippen MR) is 165 cm³/mol. The van der Waals surface area contributed by atoms with Crippen molar-refractivity contribution in [3.8, 4) is 0 Å². The summed E-state index contributed by atoms with van der Waals surface area (Å²) in [5, 5.41) is 16.6. The Hall–Kier alpha value is -3.45. The Bertz CT molecular complexity index is 1360. The molecule has 1 saturated carbocycles. The van der Waals surface area contributed by atoms with Crippen molar-refractivity contribution in [3.63, 3.8) is 0 Å². The van der Waals surface area contributed by atoms with Crippen LogP contribution in [0.3, 0.4) is 0 Å². The molecule has 2 aromatic rings. The fourth-order valence-electron chi connectivity index (χ4n) is 6.74. The zero-order valence-electron chi connectivity index (χ0n) is 25.2. The third-order valence-corrected chi connectivity index (χ3v) is 9.06. The molecule has 1 saturated heterocycles. The Morgan fingerprint density at radius 1 is 1.07 bits per heavy atom. The number of carbonyl (C=O) groups excluding carboxylic acids is 2. The standard InChI is InChI=1S/C35H44FN3O3/c1-22-8-5-12-30(36)31(22)34(42)39-19-7-11-29(33(41)38-26-10-6-9-24(20-26)35(2,3)4)32(39)23-13-15-25(16-14-23)37-27-17-18-28(40)21-27/h5-6,8-10,12-13,15-16,20,23,27-29,32,37,40H,7,11,14,17-19,21H2,1-4H3,(H,38,41)/t23?,27?,28?,29?,32-/m0/s1. The van der Waals surface area contributed by atoms with E-state index >= 15 is 0 Å². The number of aliphatic hydroxyl groups excluding tert-OH is 1. The van der Waals surface area contributed by atoms with Gasteiger partial charge in [-0.25, -0.2) is 4.39 Å². The van der Waals surface area contributed by atoms with Crippen molar-refractivity contribution in [2.75, 3.05) is 11.9 Å². The van der Waals surface area contributed by atoms with Gasteiger partial charge < -0.3 is 20.6 Å². The third kappa shape index (κ3) is 6.62. The molecular weight excluding hydrogens is 529 g/mol. The van der Waals surface area contributed by atoms with Crippen molar-refractivity contribution in [2.45, 2.75) is 89.8 Å². The molecule has 3 aliphatic rings. The maximum Gasteiger partial charge on any atom is 0.257 e. The molecule has 6 nitrogen and oxygen atoms in total. The van der Waals surface area contributed by atoms with Crippen molar-refractivity contribution in [2.24, 2.45) is 11.8 Å². The Balaban J connectivity index is 1.42. The normalized spacial score (nSPS) is 26.1. The van der Waals surface area contributed by atoms with Crippen LogP contribution in [-0.4, -0.2) is 46.6 Å². The summed E-state index contributed by atoms with van der Waals surface area (Å²) >= 11 is 0. The van der Waals surface area contributed by atoms with Gasteiger partial charge in [-0.3, -0.25) is 9.59 Å². The lowest BCUT2D eigenvalue weighted by Crippen LogP contribution is -2.55. The van der Waals surface area contributed by atoms with Crippen molar-refractivity contribution in [1.82, 2.24) is 10.2 Å². The Labute approximate surface area is 249 Å². The van der Waals surface area contributed by atoms with Crippen LogP contribution in [0.2, 0.25) is 0 Å². The molecule has 0 radical (unpaired) electrons. The largest absolute Gasteiger partial charge is 0.393 e. The van der Waals surface area contributed by atoms with Gasteiger partial charge in [-0.15, -0.1) is 0 Å². The van der Waals surface area contributed by atoms with Crippen LogP contribution in [0.25, 0.3) is 0 Å². The Morgan fingerprint density at radius 2 is 1.86 bits per heavy atom. The minimum atomic E-state index is -0.534. The molecule has 1 heterocycles. The second kappa shape index (κ2) is 12.4. The van der Waals surface area contributed by atoms with E-state index in [1.807, 2.05) is 24.3 Å². The zero-order chi connectivity index (χ0) is 30.0. The molecular formula is C35H44FN3O3. The lowest BCUT2D eigenvalue weighted by Gasteiger charge is -2.44. The number of halogens is 1. The number of hydrogen-bond acceptors (Lipinski definition) is 4. The summed E-state index contributed by atoms with van der Waals surface area (Å²) in [5.74, 6) is -1.55. The molecule has 2 aliphatic carbocycles. The van der Waals surface area contributed by atoms with Gasteiger partial charge in [-0.2, -0.15) is 0 Å². The van der Waals surface area contributed by atoms with Gasteiger partial charge in [-0.05, 0) is 86.3 Å². The van der Waals surface area contributed by atoms with Crippen LogP contribution >= 0.6 is 0 Å². The average Bonchev–Trinajstić information content (AvgIpc) is 3.36. The average molecular weight is 574 g/mol. The van der Waals surface area contributed by atoms with E-state index in [2.05, 4.69) is 49.6 Å². The van der Waals surface area contributed by atoms with Crippen molar-refractivity contribution in [1.29, 1.82) is 0 Å². The zero-order valence-corrected chi connectivity index (χ0v) is 25.2. The summed E-state index contributed by atoms with van der Waals surface area (Å²) in [6.45, 7) is 8.64. The molecule has 0 aromatic heterocycles. The van der Waals surface area contributed by atoms with Crippen molar-refractivity contribution in [3.05, 3.63) is 88.9 Å². The van der Waals surface area contributed by atoms with E-state index in [-0.39, 0.29) is 40.9 Å². The molecule has 7 heteroatoms. The number of nitrogens with zero attached hydrogens (tertiary/aromatic N) is 1. The minimum absolute atomic E-state index is 0.0590. The molecule has 42 heavy (non-hydrogen) atoms. The maximum atomic E-state index is 15.0. The molecule has 224 valence electrons. The summed E-state index contributed by atoms with van der Waals surface area (Å²) in [6, 6.07) is 12.5. The van der Waals surface area contributed by atoms with Gasteiger partial charge in [-0.1, -0.05) is 57.2 Å². The smallest absolute Gasteiger partial charge is 0.257 e. The van der Waals surface area contributed by atoms with Crippen LogP contribution in [0.4, 0.5) is 10.1 Å². The number of aryl methyl sites for hydroxylation is 1. The highest BCUT2D eigenvalue weighted by atomic mass is 19.1. The van der Waals surface area contributed by atoms with Gasteiger partial charge in [0.25, 0.3) is 5.91 Å². The van der Waals surface area contributed by atoms with E-state index in [9.17, 15) is 19.1 Å². The number of aliphatic hydroxyl groups is 1. The highest BCUT2D eigenvalue weighted by molar-refractivity contribution is 5.98. The monoisotopic (exact) mass is 573 g/mol. The molecule has 0 spiro atoms. The van der Waals surface area contributed by atoms with Crippen LogP contribution in [0, 0.1) is 24.6 Å². The first-order valence-electron chi connectivity index (χ1n) is 15.3. The molecule has 2 amide bonds. The van der Waals surface area contributed by atoms with E-state index < -0.39 is 17.8 Å². The maximum absolute atomic E-state index is 15.0. The molecule has 1 aliphatic heterocycles. The lowest BCUT2D eigenvalue weighted by atomic mass is 9.77. The fourth-order valence-corrected chi connectivity index (χ4v) is 6.74. The highest BCUT2D eigenvalue weighted by Gasteiger charge is 2.43. The first-order chi connectivity index (χ1) is 20.0. The number of amides is 2. The first kappa shape index (κ1) is 30.0. The van der Waals surface area contributed by atoms with Crippen molar-refractivity contribution < 1.29 is 19.1 Å². The quantitative estimate of drug-likeness (QED) is 0.381. The van der Waals surface area contributed by atoms with E-state index in [0.717, 1.165) is 36.2 Å². The van der Waals surface area contributed by atoms with Crippen LogP contribution in [0.15, 0.2) is 66.4 Å². The fraction of sp³-hybridized carbons (Fsp3) is 0.486. The highest BCUT2D eigenvalue weighted by Crippen LogP contribution is 2.36. The molecule has 5 atom stereocenters. The summed E-state index contributed by atoms with van der Waals surface area (Å²) < 4.78 is 15.0. The van der Waals surface area contributed by atoms with Crippen molar-refractivity contribution >= 4 is 17.5 Å². The number of likely N-dealkylation sites (tertiary alicyclic amines) is 1. The number of carbonyl (C=O) groups is 2. The van der Waals surface area contributed by atoms with Crippen LogP contribution in [-0.2, 0) is 10.2 Å². The Kier molecular flexibility index (Phi) is 8.88. The van der Waals surface area contributed by atoms with E-state index in [1.54, 1.807) is 24.0 Å². The number of anilines is 1. The second-order valence-electron chi connectivity index (χ2n) is 13.2. The van der Waals surface area contributed by atoms with Gasteiger partial charge in [0, 0.05) is 29.9 Å². The topological polar surface area (TPSA) is 81.7 Å². The molecule has 2 aromatic carbocycles. The number of piperidine rings is 1. The molecule has 0 bridgehead atoms. The lowest BCUT2D eigenvalue weighted by molar-refractivity contribution is -0.123. The molecule has 5 rings (SSSR count). The SMILES string of the molecule is Cc1cccc(F)c1C(=O)N1CCCC(C(=O)Nc2cccc(C(C)(C)C)c2)[C@@H]1C1C=CC(NC2CCC(O)C2)=CC1. The summed E-state index contributed by atoms with van der Waals surface area (Å²) in [7, 11) is 0. The summed E-state index contributed by atoms with van der Waals surface area (Å²) in [5.41, 5.74) is 3.49. The van der Waals surface area contributed by atoms with Gasteiger partial charge in [0.2, 0.25) is 5.91 Å². The van der Waals surface area contributed by atoms with Crippen LogP contribution in [0.5, 0.6) is 0 Å². The first-order valence-corrected chi connectivity index (χ1v) is 15.3. The number of rotatable bonds is 6. The second-order valence-corrected chi connectivity index (χ2v) is 13.2. The third-order valence-electron chi connectivity index (χ3n) is 9.06. The summed E-state index contributed by atoms with van der Waals surface area (Å²) in [4.78, 5) is 29.7. The van der Waals surface area contributed by atoms with E-state index in [0.29, 0.717) is 31.4 Å². The Morgan fingerprint density at radius 3 is 2.52 bits per heavy atom. The van der Waals surface area contributed by atoms with Gasteiger partial charge in [0.05, 0.1) is 23.6 Å². The van der Waals surface area contributed by atoms with E-state index in [4.69, 9.17) is 0 Å². The molecule has 4 unspecified atom stereocenters. The number of allylic oxidation sites excluding steroid dienone is 2.